The Hall–Kier alpha value is -0.560. The van der Waals surface area contributed by atoms with Crippen LogP contribution in [0.4, 0.5) is 0 Å². The molecule has 108 valence electrons. The zero-order chi connectivity index (χ0) is 14.3. The van der Waals surface area contributed by atoms with Gasteiger partial charge in [-0.2, -0.15) is 11.8 Å². The predicted octanol–water partition coefficient (Wildman–Crippen LogP) is 1.53. The lowest BCUT2D eigenvalue weighted by Gasteiger charge is -2.16. The number of nitrogens with zero attached hydrogens (tertiary/aromatic N) is 1. The summed E-state index contributed by atoms with van der Waals surface area (Å²) in [6, 6.07) is 7.69. The molecule has 0 unspecified atom stereocenters. The van der Waals surface area contributed by atoms with Crippen LogP contribution in [0.1, 0.15) is 11.1 Å². The van der Waals surface area contributed by atoms with Gasteiger partial charge in [0.1, 0.15) is 0 Å². The van der Waals surface area contributed by atoms with E-state index in [4.69, 9.17) is 0 Å². The van der Waals surface area contributed by atoms with Gasteiger partial charge in [0.05, 0.1) is 5.75 Å². The first-order valence-electron chi connectivity index (χ1n) is 6.15. The van der Waals surface area contributed by atoms with E-state index in [9.17, 15) is 8.42 Å². The standard InChI is InChI=1S/C13H22N2O2S2/c1-14-10-12-5-4-6-13(9-12)11-19(16,17)15(2)7-8-18-3/h4-6,9,14H,7-8,10-11H2,1-3H3. The van der Waals surface area contributed by atoms with Crippen molar-refractivity contribution in [2.24, 2.45) is 0 Å². The Bertz CT molecular complexity index is 489. The Kier molecular flexibility index (Phi) is 6.85. The van der Waals surface area contributed by atoms with Crippen LogP contribution in [-0.2, 0) is 22.3 Å². The van der Waals surface area contributed by atoms with Gasteiger partial charge in [-0.15, -0.1) is 0 Å². The molecule has 0 saturated carbocycles. The quantitative estimate of drug-likeness (QED) is 0.791. The van der Waals surface area contributed by atoms with Crippen molar-refractivity contribution in [2.45, 2.75) is 12.3 Å². The molecule has 0 aliphatic carbocycles. The summed E-state index contributed by atoms with van der Waals surface area (Å²) < 4.78 is 25.8. The molecule has 19 heavy (non-hydrogen) atoms. The van der Waals surface area contributed by atoms with Gasteiger partial charge in [-0.1, -0.05) is 24.3 Å². The minimum atomic E-state index is -3.22. The van der Waals surface area contributed by atoms with E-state index in [1.54, 1.807) is 18.8 Å². The number of benzene rings is 1. The van der Waals surface area contributed by atoms with Crippen LogP contribution >= 0.6 is 11.8 Å². The highest BCUT2D eigenvalue weighted by Gasteiger charge is 2.18. The lowest BCUT2D eigenvalue weighted by atomic mass is 10.1. The Morgan fingerprint density at radius 3 is 2.63 bits per heavy atom. The Labute approximate surface area is 120 Å². The maximum Gasteiger partial charge on any atom is 0.218 e. The minimum Gasteiger partial charge on any atom is -0.316 e. The average Bonchev–Trinajstić information content (AvgIpc) is 2.36. The van der Waals surface area contributed by atoms with Gasteiger partial charge in [0.25, 0.3) is 0 Å². The van der Waals surface area contributed by atoms with Crippen LogP contribution in [0.3, 0.4) is 0 Å². The highest BCUT2D eigenvalue weighted by Crippen LogP contribution is 2.12. The van der Waals surface area contributed by atoms with E-state index in [2.05, 4.69) is 5.32 Å². The molecule has 4 nitrogen and oxygen atoms in total. The smallest absolute Gasteiger partial charge is 0.218 e. The van der Waals surface area contributed by atoms with Gasteiger partial charge >= 0.3 is 0 Å². The fourth-order valence-corrected chi connectivity index (χ4v) is 3.48. The number of hydrogen-bond acceptors (Lipinski definition) is 4. The van der Waals surface area contributed by atoms with Crippen LogP contribution in [0.5, 0.6) is 0 Å². The van der Waals surface area contributed by atoms with Gasteiger partial charge in [0.15, 0.2) is 0 Å². The normalized spacial score (nSPS) is 12.0. The number of thioether (sulfide) groups is 1. The summed E-state index contributed by atoms with van der Waals surface area (Å²) in [5, 5.41) is 3.06. The van der Waals surface area contributed by atoms with E-state index < -0.39 is 10.0 Å². The van der Waals surface area contributed by atoms with Crippen LogP contribution < -0.4 is 5.32 Å². The molecule has 0 spiro atoms. The van der Waals surface area contributed by atoms with Crippen LogP contribution in [-0.4, -0.2) is 45.4 Å². The first-order valence-corrected chi connectivity index (χ1v) is 9.15. The average molecular weight is 302 g/mol. The van der Waals surface area contributed by atoms with Gasteiger partial charge in [-0.05, 0) is 24.4 Å². The highest BCUT2D eigenvalue weighted by atomic mass is 32.2. The van der Waals surface area contributed by atoms with Gasteiger partial charge in [-0.25, -0.2) is 12.7 Å². The molecule has 6 heteroatoms. The zero-order valence-electron chi connectivity index (χ0n) is 11.7. The fraction of sp³-hybridized carbons (Fsp3) is 0.538. The molecule has 0 saturated heterocycles. The molecule has 0 fully saturated rings. The van der Waals surface area contributed by atoms with Crippen molar-refractivity contribution in [3.8, 4) is 0 Å². The summed E-state index contributed by atoms with van der Waals surface area (Å²) in [5.41, 5.74) is 1.94. The van der Waals surface area contributed by atoms with Crippen molar-refractivity contribution in [3.63, 3.8) is 0 Å². The summed E-state index contributed by atoms with van der Waals surface area (Å²) in [4.78, 5) is 0. The van der Waals surface area contributed by atoms with E-state index in [0.29, 0.717) is 6.54 Å². The van der Waals surface area contributed by atoms with Gasteiger partial charge in [-0.3, -0.25) is 0 Å². The topological polar surface area (TPSA) is 49.4 Å². The third-order valence-corrected chi connectivity index (χ3v) is 5.23. The summed E-state index contributed by atoms with van der Waals surface area (Å²) >= 11 is 1.65. The summed E-state index contributed by atoms with van der Waals surface area (Å²) in [6.45, 7) is 1.30. The third kappa shape index (κ3) is 5.52. The van der Waals surface area contributed by atoms with E-state index in [0.717, 1.165) is 23.4 Å². The highest BCUT2D eigenvalue weighted by molar-refractivity contribution is 7.98. The molecule has 0 aliphatic rings. The van der Waals surface area contributed by atoms with Crippen LogP contribution in [0.2, 0.25) is 0 Å². The molecule has 0 amide bonds. The lowest BCUT2D eigenvalue weighted by Crippen LogP contribution is -2.30. The molecular formula is C13H22N2O2S2. The molecular weight excluding hydrogens is 280 g/mol. The SMILES string of the molecule is CNCc1cccc(CS(=O)(=O)N(C)CCSC)c1. The van der Waals surface area contributed by atoms with E-state index in [1.165, 1.54) is 4.31 Å². The minimum absolute atomic E-state index is 0.0649. The molecule has 0 aliphatic heterocycles. The maximum atomic E-state index is 12.2. The first kappa shape index (κ1) is 16.5. The number of rotatable bonds is 8. The number of nitrogens with one attached hydrogen (secondary N) is 1. The number of sulfonamides is 1. The zero-order valence-corrected chi connectivity index (χ0v) is 13.4. The van der Waals surface area contributed by atoms with Crippen molar-refractivity contribution in [1.82, 2.24) is 9.62 Å². The Morgan fingerprint density at radius 2 is 2.00 bits per heavy atom. The summed E-state index contributed by atoms with van der Waals surface area (Å²) in [6.07, 6.45) is 1.97. The van der Waals surface area contributed by atoms with E-state index in [-0.39, 0.29) is 5.75 Å². The summed E-state index contributed by atoms with van der Waals surface area (Å²) in [5.74, 6) is 0.880. The third-order valence-electron chi connectivity index (χ3n) is 2.81. The molecule has 1 rings (SSSR count). The first-order chi connectivity index (χ1) is 8.99. The maximum absolute atomic E-state index is 12.2. The van der Waals surface area contributed by atoms with E-state index in [1.807, 2.05) is 37.6 Å². The molecule has 0 heterocycles. The second-order valence-corrected chi connectivity index (χ2v) is 7.48. The molecule has 0 bridgehead atoms. The van der Waals surface area contributed by atoms with Gasteiger partial charge in [0, 0.05) is 25.9 Å². The largest absolute Gasteiger partial charge is 0.316 e. The van der Waals surface area contributed by atoms with Crippen molar-refractivity contribution < 1.29 is 8.42 Å². The molecule has 0 aromatic heterocycles. The van der Waals surface area contributed by atoms with Gasteiger partial charge < -0.3 is 5.32 Å². The second-order valence-electron chi connectivity index (χ2n) is 4.42. The summed E-state index contributed by atoms with van der Waals surface area (Å²) in [7, 11) is 0.299. The number of hydrogen-bond donors (Lipinski definition) is 1. The van der Waals surface area contributed by atoms with Crippen LogP contribution in [0.25, 0.3) is 0 Å². The Balaban J connectivity index is 2.74. The van der Waals surface area contributed by atoms with Crippen molar-refractivity contribution in [1.29, 1.82) is 0 Å². The van der Waals surface area contributed by atoms with Crippen LogP contribution in [0, 0.1) is 0 Å². The monoisotopic (exact) mass is 302 g/mol. The lowest BCUT2D eigenvalue weighted by molar-refractivity contribution is 0.487. The molecule has 1 N–H and O–H groups in total. The second kappa shape index (κ2) is 7.89. The fourth-order valence-electron chi connectivity index (χ4n) is 1.71. The van der Waals surface area contributed by atoms with Crippen molar-refractivity contribution >= 4 is 21.8 Å². The van der Waals surface area contributed by atoms with Gasteiger partial charge in [0.2, 0.25) is 10.0 Å². The molecule has 0 atom stereocenters. The van der Waals surface area contributed by atoms with E-state index >= 15 is 0 Å². The van der Waals surface area contributed by atoms with Crippen molar-refractivity contribution in [2.75, 3.05) is 32.6 Å². The Morgan fingerprint density at radius 1 is 1.32 bits per heavy atom. The molecule has 1 aromatic carbocycles. The van der Waals surface area contributed by atoms with Crippen molar-refractivity contribution in [3.05, 3.63) is 35.4 Å². The van der Waals surface area contributed by atoms with Crippen LogP contribution in [0.15, 0.2) is 24.3 Å². The predicted molar refractivity (Wildman–Crippen MR) is 82.8 cm³/mol. The molecule has 1 aromatic rings. The molecule has 0 radical (unpaired) electrons.